The number of nitrogens with zero attached hydrogens (tertiary/aromatic N) is 1. The molecular weight excluding hydrogens is 492 g/mol. The summed E-state index contributed by atoms with van der Waals surface area (Å²) in [6.45, 7) is 8.64. The number of carbonyl (C=O) groups excluding carboxylic acids is 2. The van der Waals surface area contributed by atoms with Crippen molar-refractivity contribution in [2.24, 2.45) is 0 Å². The SMILES string of the molecule is CCCCNC(=O)[C@@H](C)N(Cc1ccccc1Cl)C(=O)COc1ccc(C(C)C)cc1Br. The summed E-state index contributed by atoms with van der Waals surface area (Å²) in [6.07, 6.45) is 1.87. The number of halogens is 2. The second-order valence-electron chi connectivity index (χ2n) is 8.07. The van der Waals surface area contributed by atoms with Gasteiger partial charge in [0.25, 0.3) is 5.91 Å². The standard InChI is InChI=1S/C25H32BrClN2O3/c1-5-6-13-28-25(31)18(4)29(15-20-9-7-8-10-22(20)27)24(30)16-32-23-12-11-19(17(2)3)14-21(23)26/h7-12,14,17-18H,5-6,13,15-16H2,1-4H3,(H,28,31)/t18-/m1/s1. The van der Waals surface area contributed by atoms with Crippen LogP contribution < -0.4 is 10.1 Å². The Hall–Kier alpha value is -2.05. The van der Waals surface area contributed by atoms with E-state index in [9.17, 15) is 9.59 Å². The molecule has 1 N–H and O–H groups in total. The van der Waals surface area contributed by atoms with E-state index in [1.165, 1.54) is 10.5 Å². The molecule has 0 radical (unpaired) electrons. The minimum Gasteiger partial charge on any atom is -0.483 e. The molecular formula is C25H32BrClN2O3. The number of hydrogen-bond acceptors (Lipinski definition) is 3. The van der Waals surface area contributed by atoms with Gasteiger partial charge < -0.3 is 15.0 Å². The number of benzene rings is 2. The van der Waals surface area contributed by atoms with Gasteiger partial charge in [-0.05, 0) is 64.5 Å². The fraction of sp³-hybridized carbons (Fsp3) is 0.440. The number of nitrogens with one attached hydrogen (secondary N) is 1. The highest BCUT2D eigenvalue weighted by Gasteiger charge is 2.27. The molecule has 0 aliphatic rings. The Morgan fingerprint density at radius 3 is 2.50 bits per heavy atom. The minimum absolute atomic E-state index is 0.184. The monoisotopic (exact) mass is 522 g/mol. The lowest BCUT2D eigenvalue weighted by molar-refractivity contribution is -0.142. The van der Waals surface area contributed by atoms with Crippen molar-refractivity contribution in [1.29, 1.82) is 0 Å². The second kappa shape index (κ2) is 12.9. The fourth-order valence-corrected chi connectivity index (χ4v) is 3.85. The van der Waals surface area contributed by atoms with Crippen LogP contribution in [-0.4, -0.2) is 35.9 Å². The smallest absolute Gasteiger partial charge is 0.261 e. The lowest BCUT2D eigenvalue weighted by Crippen LogP contribution is -2.49. The van der Waals surface area contributed by atoms with Crippen molar-refractivity contribution in [2.45, 2.75) is 59.0 Å². The number of hydrogen-bond donors (Lipinski definition) is 1. The van der Waals surface area contributed by atoms with Crippen LogP contribution in [-0.2, 0) is 16.1 Å². The van der Waals surface area contributed by atoms with E-state index in [0.717, 1.165) is 22.9 Å². The van der Waals surface area contributed by atoms with Crippen molar-refractivity contribution < 1.29 is 14.3 Å². The van der Waals surface area contributed by atoms with Crippen LogP contribution in [0.4, 0.5) is 0 Å². The summed E-state index contributed by atoms with van der Waals surface area (Å²) in [5.41, 5.74) is 1.95. The zero-order valence-electron chi connectivity index (χ0n) is 19.2. The summed E-state index contributed by atoms with van der Waals surface area (Å²) in [7, 11) is 0. The molecule has 0 heterocycles. The molecule has 1 atom stereocenters. The van der Waals surface area contributed by atoms with Crippen LogP contribution in [0.25, 0.3) is 0 Å². The van der Waals surface area contributed by atoms with Gasteiger partial charge in [-0.1, -0.05) is 63.1 Å². The number of carbonyl (C=O) groups is 2. The molecule has 32 heavy (non-hydrogen) atoms. The summed E-state index contributed by atoms with van der Waals surface area (Å²) < 4.78 is 6.60. The predicted molar refractivity (Wildman–Crippen MR) is 133 cm³/mol. The molecule has 0 saturated heterocycles. The third-order valence-corrected chi connectivity index (χ3v) is 6.26. The van der Waals surface area contributed by atoms with Gasteiger partial charge in [0.05, 0.1) is 4.47 Å². The van der Waals surface area contributed by atoms with Crippen molar-refractivity contribution in [3.63, 3.8) is 0 Å². The number of ether oxygens (including phenoxy) is 1. The van der Waals surface area contributed by atoms with Gasteiger partial charge in [-0.2, -0.15) is 0 Å². The lowest BCUT2D eigenvalue weighted by Gasteiger charge is -2.29. The molecule has 7 heteroatoms. The van der Waals surface area contributed by atoms with Crippen molar-refractivity contribution in [3.05, 3.63) is 63.1 Å². The van der Waals surface area contributed by atoms with Crippen LogP contribution >= 0.6 is 27.5 Å². The molecule has 2 aromatic carbocycles. The topological polar surface area (TPSA) is 58.6 Å². The average Bonchev–Trinajstić information content (AvgIpc) is 2.77. The molecule has 0 bridgehead atoms. The van der Waals surface area contributed by atoms with E-state index in [1.807, 2.05) is 36.4 Å². The molecule has 0 saturated carbocycles. The summed E-state index contributed by atoms with van der Waals surface area (Å²) >= 11 is 9.84. The highest BCUT2D eigenvalue weighted by Crippen LogP contribution is 2.29. The second-order valence-corrected chi connectivity index (χ2v) is 9.33. The van der Waals surface area contributed by atoms with Crippen LogP contribution in [0.2, 0.25) is 5.02 Å². The Morgan fingerprint density at radius 1 is 1.16 bits per heavy atom. The van der Waals surface area contributed by atoms with E-state index >= 15 is 0 Å². The van der Waals surface area contributed by atoms with Crippen LogP contribution in [0.15, 0.2) is 46.9 Å². The molecule has 0 aromatic heterocycles. The van der Waals surface area contributed by atoms with Crippen molar-refractivity contribution in [1.82, 2.24) is 10.2 Å². The van der Waals surface area contributed by atoms with E-state index in [-0.39, 0.29) is 25.0 Å². The molecule has 0 unspecified atom stereocenters. The molecule has 2 amide bonds. The van der Waals surface area contributed by atoms with Gasteiger partial charge in [-0.25, -0.2) is 0 Å². The molecule has 174 valence electrons. The van der Waals surface area contributed by atoms with E-state index in [1.54, 1.807) is 13.0 Å². The Bertz CT molecular complexity index is 920. The molecule has 0 aliphatic carbocycles. The van der Waals surface area contributed by atoms with Gasteiger partial charge in [0.2, 0.25) is 5.91 Å². The molecule has 0 spiro atoms. The third kappa shape index (κ3) is 7.52. The van der Waals surface area contributed by atoms with Crippen LogP contribution in [0, 0.1) is 0 Å². The first kappa shape index (κ1) is 26.2. The molecule has 2 aromatic rings. The van der Waals surface area contributed by atoms with E-state index < -0.39 is 6.04 Å². The molecule has 5 nitrogen and oxygen atoms in total. The van der Waals surface area contributed by atoms with Crippen LogP contribution in [0.1, 0.15) is 57.6 Å². The quantitative estimate of drug-likeness (QED) is 0.371. The van der Waals surface area contributed by atoms with Gasteiger partial charge in [0.15, 0.2) is 6.61 Å². The third-order valence-electron chi connectivity index (χ3n) is 5.27. The van der Waals surface area contributed by atoms with Gasteiger partial charge in [0, 0.05) is 18.1 Å². The molecule has 2 rings (SSSR count). The van der Waals surface area contributed by atoms with Crippen molar-refractivity contribution >= 4 is 39.3 Å². The molecule has 0 fully saturated rings. The Balaban J connectivity index is 2.15. The molecule has 0 aliphatic heterocycles. The van der Waals surface area contributed by atoms with Gasteiger partial charge >= 0.3 is 0 Å². The van der Waals surface area contributed by atoms with E-state index in [2.05, 4.69) is 42.0 Å². The maximum Gasteiger partial charge on any atom is 0.261 e. The lowest BCUT2D eigenvalue weighted by atomic mass is 10.0. The van der Waals surface area contributed by atoms with Gasteiger partial charge in [-0.15, -0.1) is 0 Å². The van der Waals surface area contributed by atoms with Crippen LogP contribution in [0.3, 0.4) is 0 Å². The Kier molecular flexibility index (Phi) is 10.5. The minimum atomic E-state index is -0.661. The largest absolute Gasteiger partial charge is 0.483 e. The highest BCUT2D eigenvalue weighted by molar-refractivity contribution is 9.10. The number of rotatable bonds is 11. The van der Waals surface area contributed by atoms with Crippen molar-refractivity contribution in [3.8, 4) is 5.75 Å². The maximum absolute atomic E-state index is 13.2. The Morgan fingerprint density at radius 2 is 1.88 bits per heavy atom. The van der Waals surface area contributed by atoms with Gasteiger partial charge in [-0.3, -0.25) is 9.59 Å². The van der Waals surface area contributed by atoms with E-state index in [0.29, 0.717) is 23.2 Å². The maximum atomic E-state index is 13.2. The van der Waals surface area contributed by atoms with E-state index in [4.69, 9.17) is 16.3 Å². The summed E-state index contributed by atoms with van der Waals surface area (Å²) in [4.78, 5) is 27.4. The summed E-state index contributed by atoms with van der Waals surface area (Å²) in [5, 5.41) is 3.46. The predicted octanol–water partition coefficient (Wildman–Crippen LogP) is 5.94. The normalized spacial score (nSPS) is 11.8. The van der Waals surface area contributed by atoms with Gasteiger partial charge in [0.1, 0.15) is 11.8 Å². The van der Waals surface area contributed by atoms with Crippen molar-refractivity contribution in [2.75, 3.05) is 13.2 Å². The fourth-order valence-electron chi connectivity index (χ4n) is 3.14. The first-order valence-electron chi connectivity index (χ1n) is 11.0. The average molecular weight is 524 g/mol. The highest BCUT2D eigenvalue weighted by atomic mass is 79.9. The Labute approximate surface area is 204 Å². The first-order valence-corrected chi connectivity index (χ1v) is 12.1. The summed E-state index contributed by atoms with van der Waals surface area (Å²) in [5.74, 6) is 0.491. The summed E-state index contributed by atoms with van der Waals surface area (Å²) in [6, 6.07) is 12.5. The number of amides is 2. The number of unbranched alkanes of at least 4 members (excludes halogenated alkanes) is 1. The zero-order valence-corrected chi connectivity index (χ0v) is 21.5. The zero-order chi connectivity index (χ0) is 23.7. The first-order chi connectivity index (χ1) is 15.2. The van der Waals surface area contributed by atoms with Crippen LogP contribution in [0.5, 0.6) is 5.75 Å².